The van der Waals surface area contributed by atoms with Crippen LogP contribution in [0.4, 0.5) is 8.78 Å². The van der Waals surface area contributed by atoms with Gasteiger partial charge in [-0.3, -0.25) is 9.36 Å². The van der Waals surface area contributed by atoms with E-state index in [1.54, 1.807) is 6.07 Å². The number of aromatic nitrogens is 3. The van der Waals surface area contributed by atoms with E-state index < -0.39 is 11.6 Å². The largest absolute Gasteiger partial charge is 0.349 e. The molecule has 0 aliphatic rings. The van der Waals surface area contributed by atoms with Gasteiger partial charge < -0.3 is 4.98 Å². The molecule has 0 radical (unpaired) electrons. The van der Waals surface area contributed by atoms with E-state index in [1.807, 2.05) is 24.3 Å². The Kier molecular flexibility index (Phi) is 5.00. The maximum Gasteiger partial charge on any atom is 0.283 e. The molecule has 5 rings (SSSR count). The Morgan fingerprint density at radius 3 is 2.55 bits per heavy atom. The molecule has 2 aromatic heterocycles. The topological polar surface area (TPSA) is 50.7 Å². The van der Waals surface area contributed by atoms with Crippen molar-refractivity contribution in [3.05, 3.63) is 99.3 Å². The lowest BCUT2D eigenvalue weighted by Crippen LogP contribution is -2.21. The number of nitrogens with one attached hydrogen (secondary N) is 1. The minimum Gasteiger partial charge on any atom is -0.349 e. The fourth-order valence-electron chi connectivity index (χ4n) is 3.46. The van der Waals surface area contributed by atoms with Gasteiger partial charge in [-0.25, -0.2) is 13.8 Å². The molecule has 0 fully saturated rings. The zero-order chi connectivity index (χ0) is 21.5. The monoisotopic (exact) mass is 453 g/mol. The summed E-state index contributed by atoms with van der Waals surface area (Å²) >= 11 is 7.36. The summed E-state index contributed by atoms with van der Waals surface area (Å²) in [4.78, 5) is 21.3. The molecule has 4 nitrogen and oxygen atoms in total. The second-order valence-corrected chi connectivity index (χ2v) is 8.24. The van der Waals surface area contributed by atoms with E-state index in [-0.39, 0.29) is 11.3 Å². The van der Waals surface area contributed by atoms with E-state index in [0.29, 0.717) is 32.5 Å². The fraction of sp³-hybridized carbons (Fsp3) is 0.0435. The number of hydrogen-bond donors (Lipinski definition) is 1. The lowest BCUT2D eigenvalue weighted by Gasteiger charge is -2.13. The summed E-state index contributed by atoms with van der Waals surface area (Å²) in [6, 6.07) is 17.5. The fourth-order valence-corrected chi connectivity index (χ4v) is 4.81. The molecule has 0 amide bonds. The smallest absolute Gasteiger partial charge is 0.283 e. The van der Waals surface area contributed by atoms with Crippen molar-refractivity contribution in [3.8, 4) is 5.69 Å². The van der Waals surface area contributed by atoms with Crippen LogP contribution in [0.5, 0.6) is 0 Å². The molecule has 31 heavy (non-hydrogen) atoms. The third kappa shape index (κ3) is 3.49. The van der Waals surface area contributed by atoms with Crippen molar-refractivity contribution >= 4 is 45.3 Å². The number of para-hydroxylation sites is 1. The summed E-state index contributed by atoms with van der Waals surface area (Å²) in [6.07, 6.45) is 0. The number of rotatable bonds is 4. The Labute approximate surface area is 184 Å². The maximum atomic E-state index is 14.3. The minimum absolute atomic E-state index is 0.174. The number of halogens is 3. The molecular formula is C23H14ClF2N3OS. The molecule has 5 aromatic rings. The van der Waals surface area contributed by atoms with Crippen LogP contribution in [0.1, 0.15) is 5.56 Å². The number of hydrogen-bond acceptors (Lipinski definition) is 3. The number of H-pyrrole nitrogens is 1. The Hall–Kier alpha value is -3.16. The van der Waals surface area contributed by atoms with Gasteiger partial charge in [-0.2, -0.15) is 0 Å². The first kappa shape index (κ1) is 19.8. The Bertz CT molecular complexity index is 1480. The minimum atomic E-state index is -0.427. The van der Waals surface area contributed by atoms with Gasteiger partial charge in [-0.1, -0.05) is 47.6 Å². The molecule has 154 valence electrons. The quantitative estimate of drug-likeness (QED) is 0.264. The van der Waals surface area contributed by atoms with Gasteiger partial charge in [0.25, 0.3) is 5.56 Å². The molecule has 3 aromatic carbocycles. The van der Waals surface area contributed by atoms with Crippen molar-refractivity contribution in [1.29, 1.82) is 0 Å². The van der Waals surface area contributed by atoms with Crippen LogP contribution in [-0.4, -0.2) is 14.5 Å². The third-order valence-electron chi connectivity index (χ3n) is 4.99. The third-order valence-corrected chi connectivity index (χ3v) is 6.31. The van der Waals surface area contributed by atoms with Gasteiger partial charge in [0.2, 0.25) is 0 Å². The first-order chi connectivity index (χ1) is 15.0. The second-order valence-electron chi connectivity index (χ2n) is 6.89. The predicted molar refractivity (Wildman–Crippen MR) is 120 cm³/mol. The first-order valence-corrected chi connectivity index (χ1v) is 10.7. The molecule has 0 atom stereocenters. The number of thioether (sulfide) groups is 1. The summed E-state index contributed by atoms with van der Waals surface area (Å²) in [5, 5.41) is 1.47. The highest BCUT2D eigenvalue weighted by molar-refractivity contribution is 7.98. The second kappa shape index (κ2) is 7.83. The number of fused-ring (bicyclic) bond motifs is 3. The van der Waals surface area contributed by atoms with Crippen molar-refractivity contribution in [1.82, 2.24) is 14.5 Å². The molecule has 0 aliphatic carbocycles. The van der Waals surface area contributed by atoms with Crippen LogP contribution in [0.3, 0.4) is 0 Å². The van der Waals surface area contributed by atoms with Crippen LogP contribution < -0.4 is 5.56 Å². The maximum absolute atomic E-state index is 14.3. The van der Waals surface area contributed by atoms with Crippen molar-refractivity contribution < 1.29 is 8.78 Å². The average molecular weight is 454 g/mol. The van der Waals surface area contributed by atoms with Crippen LogP contribution in [-0.2, 0) is 5.75 Å². The average Bonchev–Trinajstić information content (AvgIpc) is 3.14. The molecule has 0 saturated heterocycles. The van der Waals surface area contributed by atoms with Gasteiger partial charge in [-0.15, -0.1) is 0 Å². The normalized spacial score (nSPS) is 11.5. The standard InChI is InChI=1S/C23H14ClF2N3OS/c24-17-5-3-6-18(26)16(17)12-31-23-28-20-15-4-1-2-7-19(15)27-21(20)22(30)29(23)14-10-8-13(25)9-11-14/h1-11,27H,12H2. The first-order valence-electron chi connectivity index (χ1n) is 9.38. The highest BCUT2D eigenvalue weighted by Gasteiger charge is 2.18. The Morgan fingerprint density at radius 2 is 1.77 bits per heavy atom. The SMILES string of the molecule is O=c1c2[nH]c3ccccc3c2nc(SCc2c(F)cccc2Cl)n1-c1ccc(F)cc1. The summed E-state index contributed by atoms with van der Waals surface area (Å²) in [7, 11) is 0. The number of benzene rings is 3. The van der Waals surface area contributed by atoms with Gasteiger partial charge in [0.15, 0.2) is 5.16 Å². The number of aromatic amines is 1. The Morgan fingerprint density at radius 1 is 1.00 bits per heavy atom. The van der Waals surface area contributed by atoms with E-state index in [0.717, 1.165) is 10.9 Å². The van der Waals surface area contributed by atoms with Gasteiger partial charge >= 0.3 is 0 Å². The van der Waals surface area contributed by atoms with E-state index in [9.17, 15) is 13.6 Å². The molecule has 0 bridgehead atoms. The van der Waals surface area contributed by atoms with E-state index in [2.05, 4.69) is 4.98 Å². The lowest BCUT2D eigenvalue weighted by molar-refractivity contribution is 0.617. The lowest BCUT2D eigenvalue weighted by atomic mass is 10.2. The predicted octanol–water partition coefficient (Wildman–Crippen LogP) is 6.09. The van der Waals surface area contributed by atoms with Crippen molar-refractivity contribution in [2.45, 2.75) is 10.9 Å². The van der Waals surface area contributed by atoms with Gasteiger partial charge in [0.05, 0.1) is 5.69 Å². The highest BCUT2D eigenvalue weighted by atomic mass is 35.5. The van der Waals surface area contributed by atoms with Crippen LogP contribution in [0.15, 0.2) is 76.7 Å². The molecule has 0 saturated carbocycles. The van der Waals surface area contributed by atoms with Crippen LogP contribution in [0.25, 0.3) is 27.6 Å². The number of nitrogens with zero attached hydrogens (tertiary/aromatic N) is 2. The van der Waals surface area contributed by atoms with Crippen molar-refractivity contribution in [2.24, 2.45) is 0 Å². The van der Waals surface area contributed by atoms with Gasteiger partial charge in [0, 0.05) is 27.2 Å². The van der Waals surface area contributed by atoms with Crippen LogP contribution >= 0.6 is 23.4 Å². The van der Waals surface area contributed by atoms with Crippen molar-refractivity contribution in [3.63, 3.8) is 0 Å². The molecular weight excluding hydrogens is 440 g/mol. The summed E-state index contributed by atoms with van der Waals surface area (Å²) < 4.78 is 29.2. The summed E-state index contributed by atoms with van der Waals surface area (Å²) in [5.41, 5.74) is 2.12. The van der Waals surface area contributed by atoms with Gasteiger partial charge in [-0.05, 0) is 42.5 Å². The summed E-state index contributed by atoms with van der Waals surface area (Å²) in [5.74, 6) is -0.667. The molecule has 8 heteroatoms. The van der Waals surface area contributed by atoms with E-state index >= 15 is 0 Å². The van der Waals surface area contributed by atoms with E-state index in [1.165, 1.54) is 52.7 Å². The van der Waals surface area contributed by atoms with Crippen molar-refractivity contribution in [2.75, 3.05) is 0 Å². The zero-order valence-electron chi connectivity index (χ0n) is 15.9. The van der Waals surface area contributed by atoms with Crippen LogP contribution in [0, 0.1) is 11.6 Å². The molecule has 0 aliphatic heterocycles. The van der Waals surface area contributed by atoms with Gasteiger partial charge in [0.1, 0.15) is 22.7 Å². The zero-order valence-corrected chi connectivity index (χ0v) is 17.5. The summed E-state index contributed by atoms with van der Waals surface area (Å²) in [6.45, 7) is 0. The Balaban J connectivity index is 1.72. The molecule has 0 unspecified atom stereocenters. The molecule has 1 N–H and O–H groups in total. The molecule has 2 heterocycles. The van der Waals surface area contributed by atoms with E-state index in [4.69, 9.17) is 16.6 Å². The molecule has 0 spiro atoms. The highest BCUT2D eigenvalue weighted by Crippen LogP contribution is 2.30. The van der Waals surface area contributed by atoms with Crippen LogP contribution in [0.2, 0.25) is 5.02 Å².